The monoisotopic (exact) mass is 458 g/mol. The first-order valence-corrected chi connectivity index (χ1v) is 11.4. The van der Waals surface area contributed by atoms with Crippen LogP contribution < -0.4 is 16.0 Å². The van der Waals surface area contributed by atoms with E-state index in [9.17, 15) is 14.0 Å². The Hall–Kier alpha value is -4.13. The number of rotatable bonds is 10. The number of H-pyrrole nitrogens is 1. The van der Waals surface area contributed by atoms with E-state index in [1.807, 2.05) is 54.6 Å². The molecule has 0 aliphatic rings. The molecule has 4 aromatic rings. The molecule has 0 unspecified atom stereocenters. The lowest BCUT2D eigenvalue weighted by Crippen LogP contribution is -2.24. The maximum absolute atomic E-state index is 13.3. The molecule has 0 aliphatic heterocycles. The van der Waals surface area contributed by atoms with E-state index >= 15 is 0 Å². The third kappa shape index (κ3) is 6.22. The Kier molecular flexibility index (Phi) is 7.55. The molecule has 174 valence electrons. The molecule has 6 nitrogen and oxygen atoms in total. The molecule has 0 fully saturated rings. The second-order valence-corrected chi connectivity index (χ2v) is 8.07. The quantitative estimate of drug-likeness (QED) is 0.221. The number of aromatic amines is 1. The molecule has 7 heteroatoms. The van der Waals surface area contributed by atoms with Crippen LogP contribution in [0.4, 0.5) is 21.5 Å². The van der Waals surface area contributed by atoms with Crippen LogP contribution in [-0.4, -0.2) is 23.3 Å². The molecule has 1 aromatic heterocycles. The molecule has 4 rings (SSSR count). The highest BCUT2D eigenvalue weighted by molar-refractivity contribution is 5.98. The number of unbranched alkanes of at least 4 members (excludes halogenated alkanes) is 2. The van der Waals surface area contributed by atoms with Gasteiger partial charge in [-0.15, -0.1) is 0 Å². The number of carbonyl (C=O) groups excluding carboxylic acids is 2. The van der Waals surface area contributed by atoms with Gasteiger partial charge < -0.3 is 20.9 Å². The summed E-state index contributed by atoms with van der Waals surface area (Å²) in [5, 5.41) is 9.82. The third-order valence-electron chi connectivity index (χ3n) is 5.45. The number of anilines is 3. The molecular formula is C27H27FN4O2. The van der Waals surface area contributed by atoms with Crippen LogP contribution in [0.5, 0.6) is 0 Å². The van der Waals surface area contributed by atoms with Gasteiger partial charge in [0.05, 0.1) is 11.4 Å². The molecule has 0 saturated carbocycles. The van der Waals surface area contributed by atoms with Crippen molar-refractivity contribution < 1.29 is 14.0 Å². The molecule has 0 atom stereocenters. The van der Waals surface area contributed by atoms with E-state index in [1.54, 1.807) is 12.1 Å². The van der Waals surface area contributed by atoms with Crippen molar-refractivity contribution in [3.8, 4) is 0 Å². The molecule has 0 aliphatic carbocycles. The Bertz CT molecular complexity index is 1270. The summed E-state index contributed by atoms with van der Waals surface area (Å²) >= 11 is 0. The van der Waals surface area contributed by atoms with E-state index in [-0.39, 0.29) is 17.6 Å². The molecule has 0 bridgehead atoms. The Morgan fingerprint density at radius 1 is 0.824 bits per heavy atom. The van der Waals surface area contributed by atoms with Gasteiger partial charge >= 0.3 is 0 Å². The van der Waals surface area contributed by atoms with Gasteiger partial charge in [0.15, 0.2) is 0 Å². The smallest absolute Gasteiger partial charge is 0.267 e. The van der Waals surface area contributed by atoms with Crippen LogP contribution in [-0.2, 0) is 4.79 Å². The molecule has 1 heterocycles. The van der Waals surface area contributed by atoms with E-state index in [2.05, 4.69) is 20.9 Å². The number of benzene rings is 3. The molecule has 34 heavy (non-hydrogen) atoms. The zero-order chi connectivity index (χ0) is 23.8. The van der Waals surface area contributed by atoms with E-state index in [0.717, 1.165) is 41.8 Å². The van der Waals surface area contributed by atoms with Crippen molar-refractivity contribution in [2.24, 2.45) is 0 Å². The number of nitrogens with one attached hydrogen (secondary N) is 4. The van der Waals surface area contributed by atoms with Crippen LogP contribution in [0.15, 0.2) is 78.9 Å². The van der Waals surface area contributed by atoms with Gasteiger partial charge in [0.25, 0.3) is 5.91 Å². The third-order valence-corrected chi connectivity index (χ3v) is 5.45. The first kappa shape index (κ1) is 23.0. The van der Waals surface area contributed by atoms with Crippen LogP contribution in [0.1, 0.15) is 36.2 Å². The van der Waals surface area contributed by atoms with Crippen molar-refractivity contribution in [1.29, 1.82) is 0 Å². The average molecular weight is 459 g/mol. The summed E-state index contributed by atoms with van der Waals surface area (Å²) in [5.74, 6) is -0.605. The number of hydrogen-bond donors (Lipinski definition) is 4. The van der Waals surface area contributed by atoms with Crippen molar-refractivity contribution in [3.05, 3.63) is 90.4 Å². The summed E-state index contributed by atoms with van der Waals surface area (Å²) in [4.78, 5) is 27.7. The van der Waals surface area contributed by atoms with Gasteiger partial charge in [0.2, 0.25) is 5.91 Å². The Balaban J connectivity index is 1.17. The van der Waals surface area contributed by atoms with Gasteiger partial charge in [-0.05, 0) is 61.4 Å². The molecule has 3 aromatic carbocycles. The van der Waals surface area contributed by atoms with Crippen molar-refractivity contribution in [1.82, 2.24) is 10.3 Å². The van der Waals surface area contributed by atoms with Crippen LogP contribution in [0.2, 0.25) is 0 Å². The number of hydrogen-bond acceptors (Lipinski definition) is 3. The van der Waals surface area contributed by atoms with Crippen LogP contribution in [0.3, 0.4) is 0 Å². The first-order chi connectivity index (χ1) is 16.6. The second-order valence-electron chi connectivity index (χ2n) is 8.07. The minimum atomic E-state index is -0.335. The highest BCUT2D eigenvalue weighted by atomic mass is 19.1. The fourth-order valence-corrected chi connectivity index (χ4v) is 3.70. The largest absolute Gasteiger partial charge is 0.354 e. The van der Waals surface area contributed by atoms with Crippen molar-refractivity contribution in [2.45, 2.75) is 25.7 Å². The van der Waals surface area contributed by atoms with Gasteiger partial charge in [0, 0.05) is 29.6 Å². The average Bonchev–Trinajstić information content (AvgIpc) is 3.26. The normalized spacial score (nSPS) is 10.7. The zero-order valence-corrected chi connectivity index (χ0v) is 18.7. The lowest BCUT2D eigenvalue weighted by molar-refractivity contribution is -0.116. The summed E-state index contributed by atoms with van der Waals surface area (Å²) in [5.41, 5.74) is 3.65. The fourth-order valence-electron chi connectivity index (χ4n) is 3.70. The zero-order valence-electron chi connectivity index (χ0n) is 18.7. The van der Waals surface area contributed by atoms with Gasteiger partial charge in [-0.2, -0.15) is 0 Å². The summed E-state index contributed by atoms with van der Waals surface area (Å²) in [6.07, 6.45) is 2.71. The highest BCUT2D eigenvalue weighted by Gasteiger charge is 2.10. The number of carbonyl (C=O) groups is 2. The van der Waals surface area contributed by atoms with Gasteiger partial charge in [-0.25, -0.2) is 4.39 Å². The Morgan fingerprint density at radius 3 is 2.41 bits per heavy atom. The maximum atomic E-state index is 13.3. The number of amides is 2. The van der Waals surface area contributed by atoms with E-state index < -0.39 is 0 Å². The van der Waals surface area contributed by atoms with Crippen LogP contribution >= 0.6 is 0 Å². The van der Waals surface area contributed by atoms with Crippen LogP contribution in [0.25, 0.3) is 10.9 Å². The summed E-state index contributed by atoms with van der Waals surface area (Å²) < 4.78 is 13.3. The highest BCUT2D eigenvalue weighted by Crippen LogP contribution is 2.25. The summed E-state index contributed by atoms with van der Waals surface area (Å²) in [7, 11) is 0. The second kappa shape index (κ2) is 11.1. The van der Waals surface area contributed by atoms with Crippen molar-refractivity contribution in [2.75, 3.05) is 17.2 Å². The summed E-state index contributed by atoms with van der Waals surface area (Å²) in [6.45, 7) is 0.508. The topological polar surface area (TPSA) is 86.0 Å². The lowest BCUT2D eigenvalue weighted by Gasteiger charge is -2.13. The van der Waals surface area contributed by atoms with Gasteiger partial charge in [-0.1, -0.05) is 36.8 Å². The molecule has 0 saturated heterocycles. The number of fused-ring (bicyclic) bond motifs is 1. The predicted molar refractivity (Wildman–Crippen MR) is 134 cm³/mol. The Labute approximate surface area is 197 Å². The Morgan fingerprint density at radius 2 is 1.59 bits per heavy atom. The molecule has 4 N–H and O–H groups in total. The van der Waals surface area contributed by atoms with Gasteiger partial charge in [0.1, 0.15) is 11.5 Å². The summed E-state index contributed by atoms with van der Waals surface area (Å²) in [6, 6.07) is 23.4. The number of aromatic nitrogens is 1. The lowest BCUT2D eigenvalue weighted by atomic mass is 10.1. The molecule has 0 radical (unpaired) electrons. The standard InChI is InChI=1S/C27H27FN4O2/c28-20-14-15-22-19(17-20)18-25(31-22)27(34)29-16-8-2-5-13-26(33)32-24-12-7-6-11-23(24)30-21-9-3-1-4-10-21/h1,3-4,6-7,9-12,14-15,17-18,30-31H,2,5,8,13,16H2,(H,29,34)(H,32,33). The fraction of sp³-hybridized carbons (Fsp3) is 0.185. The van der Waals surface area contributed by atoms with E-state index in [4.69, 9.17) is 0 Å². The van der Waals surface area contributed by atoms with E-state index in [0.29, 0.717) is 24.0 Å². The molecular weight excluding hydrogens is 431 g/mol. The molecule has 0 spiro atoms. The predicted octanol–water partition coefficient (Wildman–Crippen LogP) is 5.98. The number of halogens is 1. The molecule has 2 amide bonds. The first-order valence-electron chi connectivity index (χ1n) is 11.4. The van der Waals surface area contributed by atoms with E-state index in [1.165, 1.54) is 12.1 Å². The van der Waals surface area contributed by atoms with Crippen molar-refractivity contribution in [3.63, 3.8) is 0 Å². The minimum Gasteiger partial charge on any atom is -0.354 e. The minimum absolute atomic E-state index is 0.0448. The number of para-hydroxylation sites is 3. The SMILES string of the molecule is O=C(CCCCCNC(=O)c1cc2cc(F)ccc2[nH]1)Nc1ccccc1Nc1ccccc1. The van der Waals surface area contributed by atoms with Gasteiger partial charge in [-0.3, -0.25) is 9.59 Å². The maximum Gasteiger partial charge on any atom is 0.267 e. The van der Waals surface area contributed by atoms with Crippen molar-refractivity contribution >= 4 is 39.8 Å². The van der Waals surface area contributed by atoms with Crippen LogP contribution in [0, 0.1) is 5.82 Å².